The highest BCUT2D eigenvalue weighted by atomic mass is 14.7. The van der Waals surface area contributed by atoms with Crippen LogP contribution in [0.1, 0.15) is 69.2 Å². The van der Waals surface area contributed by atoms with Crippen molar-refractivity contribution < 1.29 is 0 Å². The molecule has 18 heavy (non-hydrogen) atoms. The van der Waals surface area contributed by atoms with Gasteiger partial charge in [0.05, 0.1) is 0 Å². The summed E-state index contributed by atoms with van der Waals surface area (Å²) in [6.07, 6.45) is 5.33. The summed E-state index contributed by atoms with van der Waals surface area (Å²) < 4.78 is 0. The van der Waals surface area contributed by atoms with Crippen molar-refractivity contribution in [3.63, 3.8) is 0 Å². The molecule has 1 aliphatic carbocycles. The smallest absolute Gasteiger partial charge is 0.0326 e. The Hall–Kier alpha value is -0.820. The Kier molecular flexibility index (Phi) is 3.82. The number of nitrogens with two attached hydrogens (primary N) is 1. The molecule has 1 aromatic carbocycles. The van der Waals surface area contributed by atoms with E-state index in [2.05, 4.69) is 45.9 Å². The fourth-order valence-electron chi connectivity index (χ4n) is 3.04. The van der Waals surface area contributed by atoms with E-state index in [9.17, 15) is 0 Å². The number of rotatable bonds is 2. The Labute approximate surface area is 112 Å². The highest BCUT2D eigenvalue weighted by Gasteiger charge is 2.25. The third-order valence-corrected chi connectivity index (χ3v) is 4.41. The Morgan fingerprint density at radius 1 is 1.17 bits per heavy atom. The second kappa shape index (κ2) is 5.05. The third kappa shape index (κ3) is 2.77. The van der Waals surface area contributed by atoms with Gasteiger partial charge >= 0.3 is 0 Å². The molecule has 100 valence electrons. The van der Waals surface area contributed by atoms with Crippen LogP contribution in [0.5, 0.6) is 0 Å². The average Bonchev–Trinajstić information content (AvgIpc) is 2.80. The zero-order chi connectivity index (χ0) is 13.3. The lowest BCUT2D eigenvalue weighted by Crippen LogP contribution is -2.21. The SMILES string of the molecule is Cc1ccc(C(C)(C)C)cc1C(N)C1CCCC1. The van der Waals surface area contributed by atoms with Gasteiger partial charge in [0, 0.05) is 6.04 Å². The molecule has 1 heteroatoms. The van der Waals surface area contributed by atoms with E-state index in [1.54, 1.807) is 0 Å². The Morgan fingerprint density at radius 2 is 1.78 bits per heavy atom. The lowest BCUT2D eigenvalue weighted by molar-refractivity contribution is 0.442. The van der Waals surface area contributed by atoms with E-state index in [0.29, 0.717) is 5.92 Å². The molecule has 0 aromatic heterocycles. The van der Waals surface area contributed by atoms with Crippen LogP contribution < -0.4 is 5.73 Å². The van der Waals surface area contributed by atoms with Gasteiger partial charge in [-0.25, -0.2) is 0 Å². The molecule has 0 radical (unpaired) electrons. The molecule has 0 heterocycles. The summed E-state index contributed by atoms with van der Waals surface area (Å²) in [7, 11) is 0. The number of aryl methyl sites for hydroxylation is 1. The van der Waals surface area contributed by atoms with Crippen molar-refractivity contribution in [2.24, 2.45) is 11.7 Å². The minimum absolute atomic E-state index is 0.206. The van der Waals surface area contributed by atoms with Gasteiger partial charge in [0.2, 0.25) is 0 Å². The van der Waals surface area contributed by atoms with Gasteiger partial charge in [-0.15, -0.1) is 0 Å². The predicted molar refractivity (Wildman–Crippen MR) is 78.8 cm³/mol. The van der Waals surface area contributed by atoms with E-state index in [1.165, 1.54) is 42.4 Å². The molecule has 1 saturated carbocycles. The lowest BCUT2D eigenvalue weighted by atomic mass is 9.82. The van der Waals surface area contributed by atoms with Crippen molar-refractivity contribution >= 4 is 0 Å². The first kappa shape index (κ1) is 13.6. The monoisotopic (exact) mass is 245 g/mol. The van der Waals surface area contributed by atoms with Gasteiger partial charge in [0.1, 0.15) is 0 Å². The van der Waals surface area contributed by atoms with Crippen molar-refractivity contribution in [2.45, 2.75) is 64.8 Å². The number of hydrogen-bond acceptors (Lipinski definition) is 1. The van der Waals surface area contributed by atoms with Gasteiger partial charge in [-0.05, 0) is 47.8 Å². The summed E-state index contributed by atoms with van der Waals surface area (Å²) in [6.45, 7) is 8.99. The molecule has 0 amide bonds. The van der Waals surface area contributed by atoms with E-state index >= 15 is 0 Å². The molecule has 0 saturated heterocycles. The van der Waals surface area contributed by atoms with Crippen molar-refractivity contribution in [2.75, 3.05) is 0 Å². The molecule has 0 spiro atoms. The van der Waals surface area contributed by atoms with Gasteiger partial charge in [-0.1, -0.05) is 51.8 Å². The summed E-state index contributed by atoms with van der Waals surface area (Å²) >= 11 is 0. The van der Waals surface area contributed by atoms with Crippen LogP contribution >= 0.6 is 0 Å². The predicted octanol–water partition coefficient (Wildman–Crippen LogP) is 4.48. The van der Waals surface area contributed by atoms with Crippen molar-refractivity contribution in [1.82, 2.24) is 0 Å². The Balaban J connectivity index is 2.31. The third-order valence-electron chi connectivity index (χ3n) is 4.41. The maximum atomic E-state index is 6.51. The summed E-state index contributed by atoms with van der Waals surface area (Å²) in [4.78, 5) is 0. The van der Waals surface area contributed by atoms with E-state index in [0.717, 1.165) is 0 Å². The van der Waals surface area contributed by atoms with Gasteiger partial charge < -0.3 is 5.73 Å². The molecule has 2 rings (SSSR count). The van der Waals surface area contributed by atoms with Crippen LogP contribution in [0.3, 0.4) is 0 Å². The van der Waals surface area contributed by atoms with Crippen molar-refractivity contribution in [3.05, 3.63) is 34.9 Å². The van der Waals surface area contributed by atoms with Crippen LogP contribution in [0.4, 0.5) is 0 Å². The highest BCUT2D eigenvalue weighted by Crippen LogP contribution is 2.36. The van der Waals surface area contributed by atoms with Crippen LogP contribution in [-0.4, -0.2) is 0 Å². The number of hydrogen-bond donors (Lipinski definition) is 1. The fourth-order valence-corrected chi connectivity index (χ4v) is 3.04. The molecular formula is C17H27N. The summed E-state index contributed by atoms with van der Waals surface area (Å²) in [5, 5.41) is 0. The normalized spacial score (nSPS) is 19.2. The highest BCUT2D eigenvalue weighted by molar-refractivity contribution is 5.36. The molecule has 1 atom stereocenters. The molecular weight excluding hydrogens is 218 g/mol. The quantitative estimate of drug-likeness (QED) is 0.816. The average molecular weight is 245 g/mol. The second-order valence-electron chi connectivity index (χ2n) is 6.89. The molecule has 1 unspecified atom stereocenters. The minimum atomic E-state index is 0.206. The zero-order valence-corrected chi connectivity index (χ0v) is 12.3. The van der Waals surface area contributed by atoms with Crippen LogP contribution in [0.15, 0.2) is 18.2 Å². The molecule has 0 aliphatic heterocycles. The van der Waals surface area contributed by atoms with Crippen LogP contribution in [-0.2, 0) is 5.41 Å². The van der Waals surface area contributed by atoms with Gasteiger partial charge in [0.25, 0.3) is 0 Å². The maximum absolute atomic E-state index is 6.51. The molecule has 2 N–H and O–H groups in total. The van der Waals surface area contributed by atoms with E-state index < -0.39 is 0 Å². The summed E-state index contributed by atoms with van der Waals surface area (Å²) in [5.41, 5.74) is 10.8. The lowest BCUT2D eigenvalue weighted by Gasteiger charge is -2.25. The maximum Gasteiger partial charge on any atom is 0.0326 e. The zero-order valence-electron chi connectivity index (χ0n) is 12.3. The molecule has 1 nitrogen and oxygen atoms in total. The molecule has 1 aromatic rings. The van der Waals surface area contributed by atoms with E-state index in [1.807, 2.05) is 0 Å². The minimum Gasteiger partial charge on any atom is -0.324 e. The van der Waals surface area contributed by atoms with Crippen LogP contribution in [0.2, 0.25) is 0 Å². The Bertz CT molecular complexity index is 408. The Morgan fingerprint density at radius 3 is 2.33 bits per heavy atom. The van der Waals surface area contributed by atoms with Crippen LogP contribution in [0.25, 0.3) is 0 Å². The van der Waals surface area contributed by atoms with Crippen molar-refractivity contribution in [3.8, 4) is 0 Å². The summed E-state index contributed by atoms with van der Waals surface area (Å²) in [6, 6.07) is 7.07. The van der Waals surface area contributed by atoms with Gasteiger partial charge in [-0.3, -0.25) is 0 Å². The van der Waals surface area contributed by atoms with Gasteiger partial charge in [-0.2, -0.15) is 0 Å². The fraction of sp³-hybridized carbons (Fsp3) is 0.647. The molecule has 1 aliphatic rings. The molecule has 0 bridgehead atoms. The first-order chi connectivity index (χ1) is 8.39. The molecule has 1 fully saturated rings. The summed E-state index contributed by atoms with van der Waals surface area (Å²) in [5.74, 6) is 0.693. The van der Waals surface area contributed by atoms with E-state index in [-0.39, 0.29) is 11.5 Å². The largest absolute Gasteiger partial charge is 0.324 e. The van der Waals surface area contributed by atoms with E-state index in [4.69, 9.17) is 5.73 Å². The number of benzene rings is 1. The van der Waals surface area contributed by atoms with Crippen LogP contribution in [0, 0.1) is 12.8 Å². The topological polar surface area (TPSA) is 26.0 Å². The van der Waals surface area contributed by atoms with Crippen molar-refractivity contribution in [1.29, 1.82) is 0 Å². The first-order valence-corrected chi connectivity index (χ1v) is 7.26. The standard InChI is InChI=1S/C17H27N/c1-12-9-10-14(17(2,3)4)11-15(12)16(18)13-7-5-6-8-13/h9-11,13,16H,5-8,18H2,1-4H3. The first-order valence-electron chi connectivity index (χ1n) is 7.26. The van der Waals surface area contributed by atoms with Gasteiger partial charge in [0.15, 0.2) is 0 Å². The second-order valence-corrected chi connectivity index (χ2v) is 6.89.